The average molecular weight is 260 g/mol. The van der Waals surface area contributed by atoms with Crippen LogP contribution in [0.25, 0.3) is 0 Å². The Morgan fingerprint density at radius 3 is 2.68 bits per heavy atom. The Balaban J connectivity index is 1.44. The van der Waals surface area contributed by atoms with Crippen LogP contribution in [0.5, 0.6) is 0 Å². The molecule has 2 heterocycles. The van der Waals surface area contributed by atoms with Crippen LogP contribution in [0.4, 0.5) is 5.95 Å². The van der Waals surface area contributed by atoms with E-state index in [2.05, 4.69) is 26.0 Å². The highest BCUT2D eigenvalue weighted by molar-refractivity contribution is 5.29. The van der Waals surface area contributed by atoms with Gasteiger partial charge in [0, 0.05) is 37.6 Å². The maximum absolute atomic E-state index is 4.54. The molecule has 1 aliphatic heterocycles. The molecule has 3 aliphatic rings. The molecular weight excluding hydrogens is 236 g/mol. The van der Waals surface area contributed by atoms with E-state index in [-0.39, 0.29) is 0 Å². The first-order chi connectivity index (χ1) is 9.40. The predicted molar refractivity (Wildman–Crippen MR) is 76.4 cm³/mol. The molecule has 0 spiro atoms. The quantitative estimate of drug-likeness (QED) is 0.903. The minimum Gasteiger partial charge on any atom is -0.353 e. The monoisotopic (exact) mass is 260 g/mol. The van der Waals surface area contributed by atoms with E-state index in [1.807, 2.05) is 6.20 Å². The number of imidazole rings is 1. The molecule has 4 nitrogen and oxygen atoms in total. The smallest absolute Gasteiger partial charge is 0.203 e. The molecule has 1 unspecified atom stereocenters. The number of hydrogen-bond acceptors (Lipinski definition) is 3. The number of aromatic nitrogens is 2. The minimum absolute atomic E-state index is 0.631. The second-order valence-corrected chi connectivity index (χ2v) is 6.45. The lowest BCUT2D eigenvalue weighted by molar-refractivity contribution is 0.314. The molecule has 0 aromatic carbocycles. The summed E-state index contributed by atoms with van der Waals surface area (Å²) in [6.07, 6.45) is 13.6. The van der Waals surface area contributed by atoms with Crippen LogP contribution in [0.3, 0.4) is 0 Å². The van der Waals surface area contributed by atoms with Crippen LogP contribution < -0.4 is 5.32 Å². The fourth-order valence-corrected chi connectivity index (χ4v) is 3.74. The summed E-state index contributed by atoms with van der Waals surface area (Å²) in [5.74, 6) is 1.11. The Morgan fingerprint density at radius 1 is 1.05 bits per heavy atom. The van der Waals surface area contributed by atoms with E-state index < -0.39 is 0 Å². The summed E-state index contributed by atoms with van der Waals surface area (Å²) in [6.45, 7) is 2.50. The van der Waals surface area contributed by atoms with E-state index in [1.165, 1.54) is 58.0 Å². The van der Waals surface area contributed by atoms with E-state index in [0.29, 0.717) is 12.1 Å². The molecule has 4 heteroatoms. The fraction of sp³-hybridized carbons (Fsp3) is 0.800. The van der Waals surface area contributed by atoms with Gasteiger partial charge in [0.15, 0.2) is 0 Å². The molecule has 4 rings (SSSR count). The number of nitrogens with zero attached hydrogens (tertiary/aromatic N) is 3. The molecule has 0 radical (unpaired) electrons. The van der Waals surface area contributed by atoms with Crippen molar-refractivity contribution in [3.05, 3.63) is 12.4 Å². The molecular formula is C15H24N4. The molecule has 2 aliphatic carbocycles. The van der Waals surface area contributed by atoms with Crippen LogP contribution in [0.1, 0.15) is 51.0 Å². The largest absolute Gasteiger partial charge is 0.353 e. The zero-order valence-electron chi connectivity index (χ0n) is 11.6. The summed E-state index contributed by atoms with van der Waals surface area (Å²) in [7, 11) is 0. The number of anilines is 1. The number of likely N-dealkylation sites (tertiary alicyclic amines) is 1. The highest BCUT2D eigenvalue weighted by atomic mass is 15.3. The van der Waals surface area contributed by atoms with Gasteiger partial charge in [-0.1, -0.05) is 12.8 Å². The van der Waals surface area contributed by atoms with Crippen molar-refractivity contribution in [2.24, 2.45) is 0 Å². The van der Waals surface area contributed by atoms with E-state index in [4.69, 9.17) is 0 Å². The zero-order chi connectivity index (χ0) is 12.7. The molecule has 1 aromatic heterocycles. The summed E-state index contributed by atoms with van der Waals surface area (Å²) in [4.78, 5) is 7.21. The molecule has 104 valence electrons. The van der Waals surface area contributed by atoms with Crippen LogP contribution >= 0.6 is 0 Å². The summed E-state index contributed by atoms with van der Waals surface area (Å²) in [5.41, 5.74) is 0. The van der Waals surface area contributed by atoms with Gasteiger partial charge in [-0.25, -0.2) is 4.98 Å². The summed E-state index contributed by atoms with van der Waals surface area (Å²) >= 11 is 0. The molecule has 19 heavy (non-hydrogen) atoms. The van der Waals surface area contributed by atoms with Gasteiger partial charge in [-0.3, -0.25) is 4.90 Å². The summed E-state index contributed by atoms with van der Waals surface area (Å²) < 4.78 is 2.39. The first-order valence-electron chi connectivity index (χ1n) is 7.93. The van der Waals surface area contributed by atoms with Crippen molar-refractivity contribution in [3.63, 3.8) is 0 Å². The standard InChI is InChI=1S/C15H24N4/c1-2-4-12(3-1)17-15-16-8-10-19(15)14-7-9-18(11-14)13-5-6-13/h8,10,12-14H,1-7,9,11H2,(H,16,17). The topological polar surface area (TPSA) is 33.1 Å². The lowest BCUT2D eigenvalue weighted by atomic mass is 10.2. The Bertz CT molecular complexity index is 431. The Hall–Kier alpha value is -1.03. The molecule has 1 atom stereocenters. The van der Waals surface area contributed by atoms with Crippen molar-refractivity contribution in [2.75, 3.05) is 18.4 Å². The van der Waals surface area contributed by atoms with Crippen LogP contribution in [-0.4, -0.2) is 39.6 Å². The molecule has 3 fully saturated rings. The second kappa shape index (κ2) is 4.82. The van der Waals surface area contributed by atoms with Gasteiger partial charge in [0.05, 0.1) is 6.04 Å². The average Bonchev–Trinajstić information content (AvgIpc) is 2.89. The van der Waals surface area contributed by atoms with Gasteiger partial charge < -0.3 is 9.88 Å². The van der Waals surface area contributed by atoms with Crippen molar-refractivity contribution in [1.82, 2.24) is 14.5 Å². The highest BCUT2D eigenvalue weighted by Crippen LogP contribution is 2.34. The van der Waals surface area contributed by atoms with Gasteiger partial charge in [-0.15, -0.1) is 0 Å². The molecule has 2 saturated carbocycles. The van der Waals surface area contributed by atoms with Crippen molar-refractivity contribution < 1.29 is 0 Å². The van der Waals surface area contributed by atoms with Crippen molar-refractivity contribution in [2.45, 2.75) is 63.1 Å². The minimum atomic E-state index is 0.631. The molecule has 1 aromatic rings. The Morgan fingerprint density at radius 2 is 1.89 bits per heavy atom. The second-order valence-electron chi connectivity index (χ2n) is 6.45. The van der Waals surface area contributed by atoms with Gasteiger partial charge >= 0.3 is 0 Å². The van der Waals surface area contributed by atoms with Crippen LogP contribution in [0, 0.1) is 0 Å². The maximum Gasteiger partial charge on any atom is 0.203 e. The van der Waals surface area contributed by atoms with Gasteiger partial charge in [0.2, 0.25) is 5.95 Å². The van der Waals surface area contributed by atoms with E-state index >= 15 is 0 Å². The number of hydrogen-bond donors (Lipinski definition) is 1. The Labute approximate surface area is 115 Å². The highest BCUT2D eigenvalue weighted by Gasteiger charge is 2.35. The molecule has 1 saturated heterocycles. The molecule has 1 N–H and O–H groups in total. The van der Waals surface area contributed by atoms with Crippen LogP contribution in [0.2, 0.25) is 0 Å². The van der Waals surface area contributed by atoms with Gasteiger partial charge in [0.1, 0.15) is 0 Å². The van der Waals surface area contributed by atoms with Crippen molar-refractivity contribution >= 4 is 5.95 Å². The molecule has 0 amide bonds. The van der Waals surface area contributed by atoms with Gasteiger partial charge in [-0.05, 0) is 32.1 Å². The lowest BCUT2D eigenvalue weighted by Gasteiger charge is -2.20. The van der Waals surface area contributed by atoms with Crippen LogP contribution in [-0.2, 0) is 0 Å². The summed E-state index contributed by atoms with van der Waals surface area (Å²) in [6, 6.07) is 2.19. The van der Waals surface area contributed by atoms with E-state index in [9.17, 15) is 0 Å². The summed E-state index contributed by atoms with van der Waals surface area (Å²) in [5, 5.41) is 3.66. The first-order valence-corrected chi connectivity index (χ1v) is 7.93. The fourth-order valence-electron chi connectivity index (χ4n) is 3.74. The third-order valence-electron chi connectivity index (χ3n) is 5.01. The van der Waals surface area contributed by atoms with E-state index in [1.54, 1.807) is 0 Å². The Kier molecular flexibility index (Phi) is 2.98. The van der Waals surface area contributed by atoms with Gasteiger partial charge in [0.25, 0.3) is 0 Å². The third-order valence-corrected chi connectivity index (χ3v) is 5.01. The molecule has 0 bridgehead atoms. The van der Waals surface area contributed by atoms with Crippen molar-refractivity contribution in [3.8, 4) is 0 Å². The van der Waals surface area contributed by atoms with E-state index in [0.717, 1.165) is 12.0 Å². The van der Waals surface area contributed by atoms with Gasteiger partial charge in [-0.2, -0.15) is 0 Å². The number of nitrogens with one attached hydrogen (secondary N) is 1. The normalized spacial score (nSPS) is 29.2. The lowest BCUT2D eigenvalue weighted by Crippen LogP contribution is -2.25. The predicted octanol–water partition coefficient (Wildman–Crippen LogP) is 2.65. The third kappa shape index (κ3) is 2.38. The van der Waals surface area contributed by atoms with Crippen molar-refractivity contribution in [1.29, 1.82) is 0 Å². The number of rotatable bonds is 4. The SMILES string of the molecule is c1cn(C2CCN(C3CC3)C2)c(NC2CCCC2)n1. The zero-order valence-corrected chi connectivity index (χ0v) is 11.6. The maximum atomic E-state index is 4.54. The van der Waals surface area contributed by atoms with Crippen LogP contribution in [0.15, 0.2) is 12.4 Å². The first kappa shape index (κ1) is 11.8.